The lowest BCUT2D eigenvalue weighted by Crippen LogP contribution is -2.36. The van der Waals surface area contributed by atoms with Gasteiger partial charge in [-0.15, -0.1) is 0 Å². The van der Waals surface area contributed by atoms with E-state index in [4.69, 9.17) is 4.74 Å². The van der Waals surface area contributed by atoms with E-state index in [2.05, 4.69) is 37.8 Å². The van der Waals surface area contributed by atoms with E-state index in [9.17, 15) is 4.79 Å². The highest BCUT2D eigenvalue weighted by atomic mass is 16.5. The molecule has 1 atom stereocenters. The molecule has 0 aliphatic carbocycles. The van der Waals surface area contributed by atoms with Gasteiger partial charge in [-0.3, -0.25) is 9.69 Å². The van der Waals surface area contributed by atoms with Crippen molar-refractivity contribution in [3.63, 3.8) is 0 Å². The maximum Gasteiger partial charge on any atom is 0.251 e. The molecule has 0 saturated carbocycles. The van der Waals surface area contributed by atoms with Crippen molar-refractivity contribution in [2.75, 3.05) is 26.7 Å². The van der Waals surface area contributed by atoms with Gasteiger partial charge < -0.3 is 10.1 Å². The molecule has 1 fully saturated rings. The van der Waals surface area contributed by atoms with Crippen LogP contribution in [0.2, 0.25) is 0 Å². The number of aromatic amines is 1. The summed E-state index contributed by atoms with van der Waals surface area (Å²) in [7, 11) is 1.67. The second-order valence-electron chi connectivity index (χ2n) is 6.77. The Balaban J connectivity index is 1.49. The highest BCUT2D eigenvalue weighted by Crippen LogP contribution is 2.26. The first-order valence-electron chi connectivity index (χ1n) is 9.21. The van der Waals surface area contributed by atoms with Gasteiger partial charge in [0.1, 0.15) is 16.8 Å². The molecule has 2 aromatic carbocycles. The van der Waals surface area contributed by atoms with Crippen LogP contribution >= 0.6 is 0 Å². The summed E-state index contributed by atoms with van der Waals surface area (Å²) in [5.74, 6) is 0.737. The molecule has 1 aliphatic rings. The molecule has 0 unspecified atom stereocenters. The molecule has 3 aromatic rings. The normalized spacial score (nSPS) is 15.7. The molecule has 1 aromatic heterocycles. The first-order chi connectivity index (χ1) is 13.2. The number of rotatable bonds is 6. The third-order valence-corrected chi connectivity index (χ3v) is 5.12. The number of benzene rings is 2. The SMILES string of the molecule is COc1ccc([C@H](CNC(=O)c2ccc3n[nH]nc3c2)N2CCCC2)cc1. The molecule has 1 amide bonds. The van der Waals surface area contributed by atoms with Gasteiger partial charge in [0.25, 0.3) is 5.91 Å². The molecular formula is C20H23N5O2. The molecule has 7 nitrogen and oxygen atoms in total. The molecule has 2 N–H and O–H groups in total. The van der Waals surface area contributed by atoms with Gasteiger partial charge in [0, 0.05) is 12.1 Å². The number of carbonyl (C=O) groups is 1. The minimum Gasteiger partial charge on any atom is -0.497 e. The zero-order valence-corrected chi connectivity index (χ0v) is 15.3. The first kappa shape index (κ1) is 17.5. The number of hydrogen-bond acceptors (Lipinski definition) is 5. The van der Waals surface area contributed by atoms with Crippen LogP contribution in [0.1, 0.15) is 34.8 Å². The molecule has 0 spiro atoms. The van der Waals surface area contributed by atoms with Gasteiger partial charge in [-0.1, -0.05) is 12.1 Å². The number of amides is 1. The van der Waals surface area contributed by atoms with Crippen LogP contribution in [0.4, 0.5) is 0 Å². The molecule has 1 aliphatic heterocycles. The van der Waals surface area contributed by atoms with Crippen LogP contribution in [-0.2, 0) is 0 Å². The van der Waals surface area contributed by atoms with E-state index >= 15 is 0 Å². The molecule has 7 heteroatoms. The number of likely N-dealkylation sites (tertiary alicyclic amines) is 1. The summed E-state index contributed by atoms with van der Waals surface area (Å²) < 4.78 is 5.26. The Morgan fingerprint density at radius 1 is 1.15 bits per heavy atom. The van der Waals surface area contributed by atoms with Crippen molar-refractivity contribution in [2.45, 2.75) is 18.9 Å². The van der Waals surface area contributed by atoms with Gasteiger partial charge in [0.05, 0.1) is 13.2 Å². The van der Waals surface area contributed by atoms with Crippen LogP contribution in [0.3, 0.4) is 0 Å². The Labute approximate surface area is 157 Å². The summed E-state index contributed by atoms with van der Waals surface area (Å²) >= 11 is 0. The van der Waals surface area contributed by atoms with Gasteiger partial charge >= 0.3 is 0 Å². The van der Waals surface area contributed by atoms with Crippen molar-refractivity contribution < 1.29 is 9.53 Å². The topological polar surface area (TPSA) is 83.1 Å². The molecule has 4 rings (SSSR count). The van der Waals surface area contributed by atoms with Gasteiger partial charge in [0.2, 0.25) is 0 Å². The summed E-state index contributed by atoms with van der Waals surface area (Å²) in [6, 6.07) is 13.6. The van der Waals surface area contributed by atoms with E-state index in [1.807, 2.05) is 12.1 Å². The number of nitrogens with one attached hydrogen (secondary N) is 2. The van der Waals surface area contributed by atoms with Crippen molar-refractivity contribution in [3.05, 3.63) is 53.6 Å². The fraction of sp³-hybridized carbons (Fsp3) is 0.350. The Kier molecular flexibility index (Phi) is 5.02. The lowest BCUT2D eigenvalue weighted by Gasteiger charge is -2.28. The fourth-order valence-corrected chi connectivity index (χ4v) is 3.61. The van der Waals surface area contributed by atoms with Crippen LogP contribution in [0.15, 0.2) is 42.5 Å². The minimum atomic E-state index is -0.0994. The molecule has 27 heavy (non-hydrogen) atoms. The maximum absolute atomic E-state index is 12.7. The average Bonchev–Trinajstić information content (AvgIpc) is 3.40. The number of ether oxygens (including phenoxy) is 1. The number of hydrogen-bond donors (Lipinski definition) is 2. The van der Waals surface area contributed by atoms with Gasteiger partial charge in [-0.05, 0) is 61.8 Å². The number of H-pyrrole nitrogens is 1. The predicted molar refractivity (Wildman–Crippen MR) is 103 cm³/mol. The van der Waals surface area contributed by atoms with Crippen LogP contribution in [0.25, 0.3) is 11.0 Å². The molecule has 0 radical (unpaired) electrons. The monoisotopic (exact) mass is 365 g/mol. The highest BCUT2D eigenvalue weighted by Gasteiger charge is 2.24. The van der Waals surface area contributed by atoms with Crippen LogP contribution in [0.5, 0.6) is 5.75 Å². The smallest absolute Gasteiger partial charge is 0.251 e. The Morgan fingerprint density at radius 2 is 1.89 bits per heavy atom. The quantitative estimate of drug-likeness (QED) is 0.701. The fourth-order valence-electron chi connectivity index (χ4n) is 3.61. The standard InChI is InChI=1S/C20H23N5O2/c1-27-16-7-4-14(5-8-16)19(25-10-2-3-11-25)13-21-20(26)15-6-9-17-18(12-15)23-24-22-17/h4-9,12,19H,2-3,10-11,13H2,1H3,(H,21,26)(H,22,23,24)/t19-/m0/s1. The molecule has 2 heterocycles. The summed E-state index contributed by atoms with van der Waals surface area (Å²) in [6.07, 6.45) is 2.40. The summed E-state index contributed by atoms with van der Waals surface area (Å²) in [4.78, 5) is 15.1. The molecule has 140 valence electrons. The first-order valence-corrected chi connectivity index (χ1v) is 9.21. The molecule has 1 saturated heterocycles. The molecular weight excluding hydrogens is 342 g/mol. The lowest BCUT2D eigenvalue weighted by molar-refractivity contribution is 0.0938. The van der Waals surface area contributed by atoms with Gasteiger partial charge in [0.15, 0.2) is 0 Å². The third kappa shape index (κ3) is 3.78. The van der Waals surface area contributed by atoms with Gasteiger partial charge in [-0.2, -0.15) is 15.4 Å². The van der Waals surface area contributed by atoms with Crippen LogP contribution < -0.4 is 10.1 Å². The second-order valence-corrected chi connectivity index (χ2v) is 6.77. The maximum atomic E-state index is 12.7. The van der Waals surface area contributed by atoms with Crippen molar-refractivity contribution in [3.8, 4) is 5.75 Å². The molecule has 0 bridgehead atoms. The second kappa shape index (κ2) is 7.75. The summed E-state index contributed by atoms with van der Waals surface area (Å²) in [5.41, 5.74) is 3.21. The van der Waals surface area contributed by atoms with E-state index in [-0.39, 0.29) is 11.9 Å². The van der Waals surface area contributed by atoms with Crippen molar-refractivity contribution in [1.82, 2.24) is 25.6 Å². The summed E-state index contributed by atoms with van der Waals surface area (Å²) in [6.45, 7) is 2.66. The van der Waals surface area contributed by atoms with E-state index in [0.29, 0.717) is 17.6 Å². The zero-order chi connectivity index (χ0) is 18.6. The van der Waals surface area contributed by atoms with Gasteiger partial charge in [-0.25, -0.2) is 0 Å². The van der Waals surface area contributed by atoms with Crippen LogP contribution in [0, 0.1) is 0 Å². The van der Waals surface area contributed by atoms with E-state index in [0.717, 1.165) is 24.4 Å². The third-order valence-electron chi connectivity index (χ3n) is 5.12. The summed E-state index contributed by atoms with van der Waals surface area (Å²) in [5, 5.41) is 13.7. The van der Waals surface area contributed by atoms with Crippen molar-refractivity contribution in [2.24, 2.45) is 0 Å². The number of nitrogens with zero attached hydrogens (tertiary/aromatic N) is 3. The number of carbonyl (C=O) groups excluding carboxylic acids is 1. The zero-order valence-electron chi connectivity index (χ0n) is 15.3. The van der Waals surface area contributed by atoms with Crippen molar-refractivity contribution >= 4 is 16.9 Å². The van der Waals surface area contributed by atoms with Crippen LogP contribution in [-0.4, -0.2) is 53.0 Å². The highest BCUT2D eigenvalue weighted by molar-refractivity contribution is 5.97. The minimum absolute atomic E-state index is 0.0994. The average molecular weight is 365 g/mol. The lowest BCUT2D eigenvalue weighted by atomic mass is 10.0. The van der Waals surface area contributed by atoms with Crippen molar-refractivity contribution in [1.29, 1.82) is 0 Å². The number of fused-ring (bicyclic) bond motifs is 1. The van der Waals surface area contributed by atoms with E-state index in [1.54, 1.807) is 25.3 Å². The number of aromatic nitrogens is 3. The Hall–Kier alpha value is -2.93. The largest absolute Gasteiger partial charge is 0.497 e. The number of methoxy groups -OCH3 is 1. The van der Waals surface area contributed by atoms with E-state index < -0.39 is 0 Å². The Morgan fingerprint density at radius 3 is 2.63 bits per heavy atom. The Bertz CT molecular complexity index is 916. The predicted octanol–water partition coefficient (Wildman–Crippen LogP) is 2.53. The van der Waals surface area contributed by atoms with E-state index in [1.165, 1.54) is 18.4 Å².